The standard InChI is InChI=1S/C8H9BrClNO3S/c9-6-1-2-7(12)8(5-6)15(13,14)11-4-3-10/h1-2,5,11-12H,3-4H2. The van der Waals surface area contributed by atoms with Crippen molar-refractivity contribution in [3.05, 3.63) is 22.7 Å². The summed E-state index contributed by atoms with van der Waals surface area (Å²) in [7, 11) is -3.69. The molecule has 0 saturated carbocycles. The maximum atomic E-state index is 11.6. The normalized spacial score (nSPS) is 11.6. The third-order valence-electron chi connectivity index (χ3n) is 1.60. The van der Waals surface area contributed by atoms with Gasteiger partial charge in [-0.3, -0.25) is 0 Å². The minimum absolute atomic E-state index is 0.121. The molecule has 2 N–H and O–H groups in total. The number of phenolic OH excluding ortho intramolecular Hbond substituents is 1. The highest BCUT2D eigenvalue weighted by Gasteiger charge is 2.17. The fraction of sp³-hybridized carbons (Fsp3) is 0.250. The topological polar surface area (TPSA) is 66.4 Å². The number of sulfonamides is 1. The fourth-order valence-electron chi connectivity index (χ4n) is 0.954. The van der Waals surface area contributed by atoms with Gasteiger partial charge in [0, 0.05) is 16.9 Å². The molecule has 0 radical (unpaired) electrons. The van der Waals surface area contributed by atoms with Crippen LogP contribution in [0.5, 0.6) is 5.75 Å². The molecule has 0 fully saturated rings. The molecule has 0 atom stereocenters. The first-order valence-electron chi connectivity index (χ1n) is 4.01. The predicted octanol–water partition coefficient (Wildman–Crippen LogP) is 1.67. The molecule has 0 unspecified atom stereocenters. The molecule has 0 aromatic heterocycles. The monoisotopic (exact) mass is 313 g/mol. The Labute approximate surface area is 101 Å². The van der Waals surface area contributed by atoms with E-state index in [1.54, 1.807) is 6.07 Å². The molecule has 7 heteroatoms. The Morgan fingerprint density at radius 2 is 2.13 bits per heavy atom. The van der Waals surface area contributed by atoms with Crippen molar-refractivity contribution in [1.82, 2.24) is 4.72 Å². The van der Waals surface area contributed by atoms with Crippen molar-refractivity contribution in [3.8, 4) is 5.75 Å². The van der Waals surface area contributed by atoms with Crippen LogP contribution in [0.1, 0.15) is 0 Å². The zero-order valence-corrected chi connectivity index (χ0v) is 10.7. The predicted molar refractivity (Wildman–Crippen MR) is 61.7 cm³/mol. The lowest BCUT2D eigenvalue weighted by atomic mass is 10.3. The molecule has 1 aromatic rings. The number of halogens is 2. The van der Waals surface area contributed by atoms with E-state index in [9.17, 15) is 13.5 Å². The summed E-state index contributed by atoms with van der Waals surface area (Å²) in [6, 6.07) is 4.18. The number of hydrogen-bond donors (Lipinski definition) is 2. The second-order valence-electron chi connectivity index (χ2n) is 2.70. The first kappa shape index (κ1) is 12.8. The zero-order chi connectivity index (χ0) is 11.5. The Balaban J connectivity index is 3.09. The van der Waals surface area contributed by atoms with Gasteiger partial charge in [0.05, 0.1) is 0 Å². The van der Waals surface area contributed by atoms with Gasteiger partial charge in [0.25, 0.3) is 0 Å². The molecule has 4 nitrogen and oxygen atoms in total. The van der Waals surface area contributed by atoms with Crippen LogP contribution in [0.2, 0.25) is 0 Å². The molecule has 0 bridgehead atoms. The summed E-state index contributed by atoms with van der Waals surface area (Å²) in [5.74, 6) is -0.117. The summed E-state index contributed by atoms with van der Waals surface area (Å²) in [5, 5.41) is 9.40. The summed E-state index contributed by atoms with van der Waals surface area (Å²) in [5.41, 5.74) is 0. The van der Waals surface area contributed by atoms with Gasteiger partial charge in [-0.15, -0.1) is 11.6 Å². The minimum atomic E-state index is -3.69. The number of phenols is 1. The van der Waals surface area contributed by atoms with E-state index < -0.39 is 10.0 Å². The highest BCUT2D eigenvalue weighted by Crippen LogP contribution is 2.25. The van der Waals surface area contributed by atoms with Crippen molar-refractivity contribution in [2.45, 2.75) is 4.90 Å². The van der Waals surface area contributed by atoms with Crippen LogP contribution in [-0.2, 0) is 10.0 Å². The van der Waals surface area contributed by atoms with Crippen molar-refractivity contribution in [1.29, 1.82) is 0 Å². The number of nitrogens with one attached hydrogen (secondary N) is 1. The molecule has 0 heterocycles. The van der Waals surface area contributed by atoms with Crippen LogP contribution in [0.15, 0.2) is 27.6 Å². The molecule has 1 rings (SSSR count). The van der Waals surface area contributed by atoms with E-state index in [4.69, 9.17) is 11.6 Å². The van der Waals surface area contributed by atoms with E-state index in [2.05, 4.69) is 20.7 Å². The first-order chi connectivity index (χ1) is 6.97. The molecule has 0 aliphatic heterocycles. The van der Waals surface area contributed by atoms with E-state index in [0.717, 1.165) is 0 Å². The van der Waals surface area contributed by atoms with Crippen LogP contribution in [0.4, 0.5) is 0 Å². The smallest absolute Gasteiger partial charge is 0.244 e. The maximum absolute atomic E-state index is 11.6. The van der Waals surface area contributed by atoms with E-state index in [1.807, 2.05) is 0 Å². The van der Waals surface area contributed by atoms with Crippen molar-refractivity contribution < 1.29 is 13.5 Å². The summed E-state index contributed by atoms with van der Waals surface area (Å²) < 4.78 is 26.1. The van der Waals surface area contributed by atoms with E-state index >= 15 is 0 Å². The van der Waals surface area contributed by atoms with Crippen LogP contribution in [0, 0.1) is 0 Å². The van der Waals surface area contributed by atoms with Gasteiger partial charge < -0.3 is 5.11 Å². The Bertz CT molecular complexity index is 449. The molecule has 0 aliphatic rings. The largest absolute Gasteiger partial charge is 0.507 e. The lowest BCUT2D eigenvalue weighted by Crippen LogP contribution is -2.25. The van der Waals surface area contributed by atoms with Gasteiger partial charge in [-0.1, -0.05) is 15.9 Å². The Morgan fingerprint density at radius 1 is 1.47 bits per heavy atom. The molecule has 0 spiro atoms. The van der Waals surface area contributed by atoms with Gasteiger partial charge in [0.1, 0.15) is 10.6 Å². The first-order valence-corrected chi connectivity index (χ1v) is 6.82. The summed E-state index contributed by atoms with van der Waals surface area (Å²) in [6.45, 7) is 0.121. The Hall–Kier alpha value is -0.300. The fourth-order valence-corrected chi connectivity index (χ4v) is 2.82. The number of aromatic hydroxyl groups is 1. The number of rotatable bonds is 4. The van der Waals surface area contributed by atoms with E-state index in [0.29, 0.717) is 4.47 Å². The van der Waals surface area contributed by atoms with Crippen molar-refractivity contribution in [2.75, 3.05) is 12.4 Å². The third-order valence-corrected chi connectivity index (χ3v) is 3.77. The van der Waals surface area contributed by atoms with Crippen LogP contribution in [-0.4, -0.2) is 25.9 Å². The molecule has 0 aliphatic carbocycles. The van der Waals surface area contributed by atoms with Crippen molar-refractivity contribution in [2.24, 2.45) is 0 Å². The number of hydrogen-bond acceptors (Lipinski definition) is 3. The van der Waals surface area contributed by atoms with Gasteiger partial charge in [0.2, 0.25) is 10.0 Å². The molecule has 1 aromatic carbocycles. The minimum Gasteiger partial charge on any atom is -0.507 e. The average molecular weight is 315 g/mol. The lowest BCUT2D eigenvalue weighted by molar-refractivity contribution is 0.458. The van der Waals surface area contributed by atoms with Gasteiger partial charge in [0.15, 0.2) is 0 Å². The SMILES string of the molecule is O=S(=O)(NCCCl)c1cc(Br)ccc1O. The highest BCUT2D eigenvalue weighted by molar-refractivity contribution is 9.10. The molecule has 0 saturated heterocycles. The Morgan fingerprint density at radius 3 is 2.73 bits per heavy atom. The van der Waals surface area contributed by atoms with E-state index in [-0.39, 0.29) is 23.1 Å². The van der Waals surface area contributed by atoms with Crippen LogP contribution < -0.4 is 4.72 Å². The molecule has 0 amide bonds. The van der Waals surface area contributed by atoms with Gasteiger partial charge in [-0.2, -0.15) is 0 Å². The average Bonchev–Trinajstić information content (AvgIpc) is 2.18. The third kappa shape index (κ3) is 3.34. The van der Waals surface area contributed by atoms with E-state index in [1.165, 1.54) is 12.1 Å². The molecule has 15 heavy (non-hydrogen) atoms. The zero-order valence-electron chi connectivity index (χ0n) is 7.57. The molecular formula is C8H9BrClNO3S. The molecular weight excluding hydrogens is 306 g/mol. The highest BCUT2D eigenvalue weighted by atomic mass is 79.9. The molecule has 84 valence electrons. The van der Waals surface area contributed by atoms with Crippen molar-refractivity contribution >= 4 is 37.6 Å². The summed E-state index contributed by atoms with van der Waals surface area (Å²) in [4.78, 5) is -0.165. The quantitative estimate of drug-likeness (QED) is 0.831. The lowest BCUT2D eigenvalue weighted by Gasteiger charge is -2.07. The summed E-state index contributed by atoms with van der Waals surface area (Å²) in [6.07, 6.45) is 0. The number of benzene rings is 1. The van der Waals surface area contributed by atoms with Gasteiger partial charge in [-0.25, -0.2) is 13.1 Å². The van der Waals surface area contributed by atoms with Crippen LogP contribution in [0.25, 0.3) is 0 Å². The second kappa shape index (κ2) is 5.16. The maximum Gasteiger partial charge on any atom is 0.244 e. The van der Waals surface area contributed by atoms with Gasteiger partial charge in [-0.05, 0) is 18.2 Å². The summed E-state index contributed by atoms with van der Waals surface area (Å²) >= 11 is 8.49. The van der Waals surface area contributed by atoms with Gasteiger partial charge >= 0.3 is 0 Å². The van der Waals surface area contributed by atoms with Crippen molar-refractivity contribution in [3.63, 3.8) is 0 Å². The number of alkyl halides is 1. The van der Waals surface area contributed by atoms with Crippen LogP contribution >= 0.6 is 27.5 Å². The Kier molecular flexibility index (Phi) is 4.39. The van der Waals surface area contributed by atoms with Crippen LogP contribution in [0.3, 0.4) is 0 Å². The second-order valence-corrected chi connectivity index (χ2v) is 5.73.